The summed E-state index contributed by atoms with van der Waals surface area (Å²) in [6, 6.07) is 23.7. The van der Waals surface area contributed by atoms with Crippen LogP contribution in [0.4, 0.5) is 0 Å². The largest absolute Gasteiger partial charge is 2.00 e. The molecule has 0 fully saturated rings. The summed E-state index contributed by atoms with van der Waals surface area (Å²) in [6.07, 6.45) is 6.30. The van der Waals surface area contributed by atoms with Gasteiger partial charge in [0.05, 0.1) is 11.7 Å². The number of fused-ring (bicyclic) bond motifs is 6. The molecule has 5 heterocycles. The monoisotopic (exact) mass is 856 g/mol. The van der Waals surface area contributed by atoms with Crippen molar-refractivity contribution in [3.8, 4) is 17.3 Å². The molecule has 0 radical (unpaired) electrons. The number of aryl methyl sites for hydroxylation is 1. The van der Waals surface area contributed by atoms with Gasteiger partial charge in [0, 0.05) is 40.2 Å². The minimum absolute atomic E-state index is 0. The van der Waals surface area contributed by atoms with Gasteiger partial charge in [0.15, 0.2) is 5.88 Å². The van der Waals surface area contributed by atoms with Gasteiger partial charge in [0.1, 0.15) is 22.7 Å². The van der Waals surface area contributed by atoms with Crippen molar-refractivity contribution in [1.29, 1.82) is 0 Å². The number of rotatable bonds is 4. The molecule has 0 N–H and O–H groups in total. The van der Waals surface area contributed by atoms with E-state index in [9.17, 15) is 0 Å². The number of benzene rings is 2. The number of aliphatic imine (C=N–C) groups is 1. The van der Waals surface area contributed by atoms with E-state index in [0.717, 1.165) is 45.3 Å². The van der Waals surface area contributed by atoms with Gasteiger partial charge in [-0.2, -0.15) is 0 Å². The minimum Gasteiger partial charge on any atom is -0.526 e. The molecule has 1 aliphatic heterocycles. The van der Waals surface area contributed by atoms with Crippen LogP contribution in [0.1, 0.15) is 94.5 Å². The van der Waals surface area contributed by atoms with Gasteiger partial charge < -0.3 is 14.0 Å². The smallest absolute Gasteiger partial charge is 0.526 e. The Hall–Kier alpha value is -4.35. The third-order valence-corrected chi connectivity index (χ3v) is 10.8. The van der Waals surface area contributed by atoms with Gasteiger partial charge in [-0.3, -0.25) is 9.98 Å². The van der Waals surface area contributed by atoms with Gasteiger partial charge in [-0.05, 0) is 79.8 Å². The fourth-order valence-electron chi connectivity index (χ4n) is 7.40. The van der Waals surface area contributed by atoms with E-state index in [1.807, 2.05) is 30.6 Å². The van der Waals surface area contributed by atoms with Gasteiger partial charge in [0.25, 0.3) is 0 Å². The predicted molar refractivity (Wildman–Crippen MR) is 199 cm³/mol. The zero-order chi connectivity index (χ0) is 35.4. The first-order valence-electron chi connectivity index (χ1n) is 17.3. The molecule has 2 aliphatic rings. The maximum atomic E-state index is 6.70. The van der Waals surface area contributed by atoms with Crippen molar-refractivity contribution >= 4 is 27.8 Å². The van der Waals surface area contributed by atoms with Crippen molar-refractivity contribution < 1.29 is 30.5 Å². The summed E-state index contributed by atoms with van der Waals surface area (Å²) in [5.74, 6) is 1.40. The Morgan fingerprint density at radius 3 is 2.39 bits per heavy atom. The maximum absolute atomic E-state index is 6.70. The molecule has 0 unspecified atom stereocenters. The summed E-state index contributed by atoms with van der Waals surface area (Å²) in [6.45, 7) is 21.8. The van der Waals surface area contributed by atoms with Crippen molar-refractivity contribution in [2.24, 2.45) is 4.99 Å². The SMILES string of the molecule is Cc1ccc2c(c1C)C[C@]1(C)OC(c3[c-]c(Oc4[c-]c(-n5c6cnc(C(C)(C)C)cc6c6cccnc65)cc(C(C)(C)C)c4)ncc3)=N[C@]21C.[Pt+2]. The first kappa shape index (κ1) is 35.1. The second-order valence-electron chi connectivity index (χ2n) is 16.3. The Labute approximate surface area is 314 Å². The molecule has 2 atom stereocenters. The fourth-order valence-corrected chi connectivity index (χ4v) is 7.40. The average molecular weight is 857 g/mol. The molecule has 1 aliphatic carbocycles. The molecule has 2 aromatic carbocycles. The Bertz CT molecular complexity index is 2400. The molecule has 51 heavy (non-hydrogen) atoms. The fraction of sp³-hybridized carbons (Fsp3) is 0.349. The quantitative estimate of drug-likeness (QED) is 0.165. The zero-order valence-electron chi connectivity index (χ0n) is 30.9. The van der Waals surface area contributed by atoms with Crippen molar-refractivity contribution in [3.63, 3.8) is 0 Å². The number of hydrogen-bond acceptors (Lipinski definition) is 6. The topological polar surface area (TPSA) is 74.4 Å². The van der Waals surface area contributed by atoms with Crippen molar-refractivity contribution in [2.45, 2.75) is 97.6 Å². The van der Waals surface area contributed by atoms with Crippen LogP contribution in [-0.2, 0) is 48.6 Å². The van der Waals surface area contributed by atoms with Gasteiger partial charge in [0.2, 0.25) is 0 Å². The number of nitrogens with zero attached hydrogens (tertiary/aromatic N) is 5. The Morgan fingerprint density at radius 1 is 0.863 bits per heavy atom. The van der Waals surface area contributed by atoms with Crippen LogP contribution in [0.15, 0.2) is 72.1 Å². The van der Waals surface area contributed by atoms with Gasteiger partial charge in [-0.25, -0.2) is 9.97 Å². The molecule has 6 aromatic rings. The zero-order valence-corrected chi connectivity index (χ0v) is 33.2. The average Bonchev–Trinajstić information content (AvgIpc) is 3.61. The van der Waals surface area contributed by atoms with Crippen LogP contribution >= 0.6 is 0 Å². The Morgan fingerprint density at radius 2 is 1.65 bits per heavy atom. The summed E-state index contributed by atoms with van der Waals surface area (Å²) in [4.78, 5) is 19.5. The van der Waals surface area contributed by atoms with Crippen molar-refractivity contribution in [3.05, 3.63) is 118 Å². The van der Waals surface area contributed by atoms with E-state index in [0.29, 0.717) is 23.1 Å². The van der Waals surface area contributed by atoms with Crippen LogP contribution in [0.2, 0.25) is 0 Å². The molecule has 8 heteroatoms. The third-order valence-electron chi connectivity index (χ3n) is 10.8. The van der Waals surface area contributed by atoms with Crippen LogP contribution in [0, 0.1) is 26.0 Å². The second-order valence-corrected chi connectivity index (χ2v) is 16.3. The molecule has 0 spiro atoms. The van der Waals surface area contributed by atoms with E-state index in [4.69, 9.17) is 24.4 Å². The first-order valence-corrected chi connectivity index (χ1v) is 17.3. The Kier molecular flexibility index (Phi) is 8.15. The molecular formula is C43H43N5O2Pt. The number of aromatic nitrogens is 4. The first-order chi connectivity index (χ1) is 23.6. The van der Waals surface area contributed by atoms with Gasteiger partial charge in [-0.1, -0.05) is 59.4 Å². The van der Waals surface area contributed by atoms with Gasteiger partial charge >= 0.3 is 21.1 Å². The van der Waals surface area contributed by atoms with E-state index in [1.54, 1.807) is 6.20 Å². The van der Waals surface area contributed by atoms with Crippen molar-refractivity contribution in [1.82, 2.24) is 19.5 Å². The molecular weight excluding hydrogens is 814 g/mol. The molecule has 262 valence electrons. The van der Waals surface area contributed by atoms with Crippen LogP contribution in [0.3, 0.4) is 0 Å². The molecule has 0 bridgehead atoms. The maximum Gasteiger partial charge on any atom is 2.00 e. The van der Waals surface area contributed by atoms with Crippen molar-refractivity contribution in [2.75, 3.05) is 0 Å². The molecule has 7 nitrogen and oxygen atoms in total. The molecule has 0 saturated heterocycles. The van der Waals surface area contributed by atoms with E-state index in [-0.39, 0.29) is 31.9 Å². The number of hydrogen-bond donors (Lipinski definition) is 0. The molecule has 8 rings (SSSR count). The summed E-state index contributed by atoms with van der Waals surface area (Å²) in [5.41, 5.74) is 9.36. The molecule has 4 aromatic heterocycles. The summed E-state index contributed by atoms with van der Waals surface area (Å²) >= 11 is 0. The van der Waals surface area contributed by atoms with E-state index < -0.39 is 11.1 Å². The number of ether oxygens (including phenoxy) is 2. The molecule has 0 amide bonds. The van der Waals surface area contributed by atoms with E-state index >= 15 is 0 Å². The van der Waals surface area contributed by atoms with E-state index in [1.165, 1.54) is 22.3 Å². The summed E-state index contributed by atoms with van der Waals surface area (Å²) in [5, 5.41) is 2.16. The van der Waals surface area contributed by atoms with E-state index in [2.05, 4.69) is 121 Å². The van der Waals surface area contributed by atoms with Crippen LogP contribution < -0.4 is 4.74 Å². The molecule has 0 saturated carbocycles. The minimum atomic E-state index is -0.503. The summed E-state index contributed by atoms with van der Waals surface area (Å²) in [7, 11) is 0. The Balaban J connectivity index is 0.00000406. The summed E-state index contributed by atoms with van der Waals surface area (Å²) < 4.78 is 15.3. The van der Waals surface area contributed by atoms with Crippen LogP contribution in [0.5, 0.6) is 11.6 Å². The second kappa shape index (κ2) is 11.8. The van der Waals surface area contributed by atoms with Gasteiger partial charge in [-0.15, -0.1) is 41.5 Å². The predicted octanol–water partition coefficient (Wildman–Crippen LogP) is 9.58. The number of pyridine rings is 3. The van der Waals surface area contributed by atoms with Crippen LogP contribution in [-0.4, -0.2) is 31.0 Å². The normalized spacial score (nSPS) is 19.8. The standard InChI is InChI=1S/C43H43N5O2.Pt/c1-25-13-14-34-33(26(25)2)23-42(9)43(34,10)47-39(50-42)27-15-17-44-37(18-27)49-30-20-28(40(3,4)5)19-29(21-30)48-35-24-46-36(41(6,7)8)22-32(35)31-12-11-16-45-38(31)48;/h11-17,19-20,22,24H,23H2,1-10H3;/q-2;+2/t42-,43+;/m0./s1. The van der Waals surface area contributed by atoms with Crippen LogP contribution in [0.25, 0.3) is 27.6 Å². The third kappa shape index (κ3) is 5.60.